The number of aryl methyl sites for hydroxylation is 1. The highest BCUT2D eigenvalue weighted by Gasteiger charge is 2.48. The highest BCUT2D eigenvalue weighted by molar-refractivity contribution is 9.10. The van der Waals surface area contributed by atoms with E-state index in [9.17, 15) is 9.59 Å². The number of amides is 2. The predicted molar refractivity (Wildman–Crippen MR) is 119 cm³/mol. The summed E-state index contributed by atoms with van der Waals surface area (Å²) >= 11 is 3.42. The second kappa shape index (κ2) is 9.08. The molecule has 4 aliphatic carbocycles. The number of nitrogens with one attached hydrogen (secondary N) is 2. The molecule has 2 amide bonds. The number of carbonyl (C=O) groups is 2. The van der Waals surface area contributed by atoms with Crippen LogP contribution in [-0.2, 0) is 9.59 Å². The van der Waals surface area contributed by atoms with Crippen molar-refractivity contribution in [2.75, 3.05) is 6.61 Å². The van der Waals surface area contributed by atoms with Crippen LogP contribution in [0.2, 0.25) is 0 Å². The Hall–Kier alpha value is -1.89. The maximum Gasteiger partial charge on any atom is 0.277 e. The van der Waals surface area contributed by atoms with Gasteiger partial charge in [-0.25, -0.2) is 5.43 Å². The van der Waals surface area contributed by atoms with Crippen molar-refractivity contribution in [2.24, 2.45) is 28.8 Å². The molecule has 6 nitrogen and oxygen atoms in total. The van der Waals surface area contributed by atoms with Crippen LogP contribution in [0.5, 0.6) is 5.75 Å². The van der Waals surface area contributed by atoms with Gasteiger partial charge in [-0.1, -0.05) is 6.07 Å². The van der Waals surface area contributed by atoms with Crippen LogP contribution in [-0.4, -0.2) is 30.2 Å². The molecule has 4 fully saturated rings. The van der Waals surface area contributed by atoms with E-state index in [-0.39, 0.29) is 24.8 Å². The molecule has 4 aliphatic rings. The Labute approximate surface area is 186 Å². The minimum atomic E-state index is -0.358. The Morgan fingerprint density at radius 1 is 1.10 bits per heavy atom. The summed E-state index contributed by atoms with van der Waals surface area (Å²) in [7, 11) is 0. The fraction of sp³-hybridized carbons (Fsp3) is 0.609. The molecule has 30 heavy (non-hydrogen) atoms. The van der Waals surface area contributed by atoms with Gasteiger partial charge in [0, 0.05) is 11.8 Å². The topological polar surface area (TPSA) is 79.8 Å². The van der Waals surface area contributed by atoms with Crippen molar-refractivity contribution in [2.45, 2.75) is 58.4 Å². The summed E-state index contributed by atoms with van der Waals surface area (Å²) in [5.41, 5.74) is 4.16. The highest BCUT2D eigenvalue weighted by atomic mass is 79.9. The SMILES string of the molecule is C/C(CC(=O)NC1C2CC3CC(C2)CC1C3)=N\NC(=O)COc1ccc(C)cc1Br. The van der Waals surface area contributed by atoms with Crippen molar-refractivity contribution in [3.63, 3.8) is 0 Å². The third-order valence-electron chi connectivity index (χ3n) is 6.79. The molecule has 0 aliphatic heterocycles. The quantitative estimate of drug-likeness (QED) is 0.462. The number of rotatable bonds is 7. The average Bonchev–Trinajstić information content (AvgIpc) is 2.68. The summed E-state index contributed by atoms with van der Waals surface area (Å²) < 4.78 is 6.32. The fourth-order valence-electron chi connectivity index (χ4n) is 5.73. The number of halogens is 1. The van der Waals surface area contributed by atoms with E-state index in [0.29, 0.717) is 29.3 Å². The van der Waals surface area contributed by atoms with E-state index >= 15 is 0 Å². The van der Waals surface area contributed by atoms with E-state index in [1.54, 1.807) is 6.92 Å². The number of hydrogen-bond donors (Lipinski definition) is 2. The highest BCUT2D eigenvalue weighted by Crippen LogP contribution is 2.53. The number of benzene rings is 1. The summed E-state index contributed by atoms with van der Waals surface area (Å²) in [6.07, 6.45) is 6.71. The van der Waals surface area contributed by atoms with Crippen molar-refractivity contribution < 1.29 is 14.3 Å². The number of hydrogen-bond acceptors (Lipinski definition) is 4. The summed E-state index contributed by atoms with van der Waals surface area (Å²) in [5.74, 6) is 3.34. The molecule has 0 spiro atoms. The Balaban J connectivity index is 1.21. The lowest BCUT2D eigenvalue weighted by Gasteiger charge is -2.54. The van der Waals surface area contributed by atoms with E-state index in [1.165, 1.54) is 32.1 Å². The summed E-state index contributed by atoms with van der Waals surface area (Å²) in [4.78, 5) is 24.5. The van der Waals surface area contributed by atoms with E-state index in [1.807, 2.05) is 25.1 Å². The molecule has 1 aromatic rings. The van der Waals surface area contributed by atoms with E-state index in [4.69, 9.17) is 4.74 Å². The van der Waals surface area contributed by atoms with Crippen LogP contribution in [0.3, 0.4) is 0 Å². The molecule has 0 heterocycles. The average molecular weight is 476 g/mol. The Kier molecular flexibility index (Phi) is 6.46. The van der Waals surface area contributed by atoms with Crippen molar-refractivity contribution in [3.8, 4) is 5.75 Å². The Morgan fingerprint density at radius 2 is 1.77 bits per heavy atom. The van der Waals surface area contributed by atoms with Crippen molar-refractivity contribution in [1.29, 1.82) is 0 Å². The molecule has 0 radical (unpaired) electrons. The number of nitrogens with zero attached hydrogens (tertiary/aromatic N) is 1. The zero-order valence-corrected chi connectivity index (χ0v) is 19.2. The zero-order chi connectivity index (χ0) is 21.3. The molecule has 162 valence electrons. The maximum absolute atomic E-state index is 12.5. The van der Waals surface area contributed by atoms with Crippen LogP contribution >= 0.6 is 15.9 Å². The van der Waals surface area contributed by atoms with Gasteiger partial charge in [0.1, 0.15) is 5.75 Å². The molecule has 5 rings (SSSR count). The lowest BCUT2D eigenvalue weighted by molar-refractivity contribution is -0.124. The predicted octanol–water partition coefficient (Wildman–Crippen LogP) is 3.96. The number of carbonyl (C=O) groups excluding carboxylic acids is 2. The smallest absolute Gasteiger partial charge is 0.277 e. The minimum Gasteiger partial charge on any atom is -0.483 e. The van der Waals surface area contributed by atoms with Crippen molar-refractivity contribution >= 4 is 33.5 Å². The molecular weight excluding hydrogens is 446 g/mol. The Bertz CT molecular complexity index is 826. The van der Waals surface area contributed by atoms with Crippen LogP contribution in [0.25, 0.3) is 0 Å². The first-order valence-electron chi connectivity index (χ1n) is 10.9. The van der Waals surface area contributed by atoms with Crippen LogP contribution in [0.1, 0.15) is 51.0 Å². The minimum absolute atomic E-state index is 0.00260. The van der Waals surface area contributed by atoms with Gasteiger partial charge in [-0.05, 0) is 103 Å². The molecule has 2 N–H and O–H groups in total. The summed E-state index contributed by atoms with van der Waals surface area (Å²) in [6.45, 7) is 3.60. The second-order valence-corrected chi connectivity index (χ2v) is 10.2. The molecule has 4 saturated carbocycles. The molecule has 7 heteroatoms. The first kappa shape index (κ1) is 21.3. The van der Waals surface area contributed by atoms with Gasteiger partial charge >= 0.3 is 0 Å². The number of hydrazone groups is 1. The van der Waals surface area contributed by atoms with Crippen LogP contribution in [0.15, 0.2) is 27.8 Å². The normalized spacial score (nSPS) is 29.6. The molecule has 0 atom stereocenters. The molecule has 4 bridgehead atoms. The molecular formula is C23H30BrN3O3. The van der Waals surface area contributed by atoms with Crippen molar-refractivity contribution in [3.05, 3.63) is 28.2 Å². The van der Waals surface area contributed by atoms with Gasteiger partial charge in [0.2, 0.25) is 5.91 Å². The largest absolute Gasteiger partial charge is 0.483 e. The molecule has 0 aromatic heterocycles. The molecule has 1 aromatic carbocycles. The maximum atomic E-state index is 12.5. The summed E-state index contributed by atoms with van der Waals surface area (Å²) in [5, 5.41) is 7.34. The van der Waals surface area contributed by atoms with Gasteiger partial charge < -0.3 is 10.1 Å². The van der Waals surface area contributed by atoms with Gasteiger partial charge in [0.05, 0.1) is 10.9 Å². The molecule has 0 saturated heterocycles. The van der Waals surface area contributed by atoms with Crippen LogP contribution in [0.4, 0.5) is 0 Å². The lowest BCUT2D eigenvalue weighted by Crippen LogP contribution is -2.56. The third kappa shape index (κ3) is 5.05. The summed E-state index contributed by atoms with van der Waals surface area (Å²) in [6, 6.07) is 5.99. The fourth-order valence-corrected chi connectivity index (χ4v) is 6.33. The van der Waals surface area contributed by atoms with Crippen molar-refractivity contribution in [1.82, 2.24) is 10.7 Å². The molecule has 0 unspecified atom stereocenters. The lowest BCUT2D eigenvalue weighted by atomic mass is 9.54. The number of ether oxygens (including phenoxy) is 1. The first-order chi connectivity index (χ1) is 14.4. The van der Waals surface area contributed by atoms with Gasteiger partial charge in [-0.2, -0.15) is 5.10 Å². The first-order valence-corrected chi connectivity index (χ1v) is 11.7. The van der Waals surface area contributed by atoms with E-state index < -0.39 is 0 Å². The second-order valence-electron chi connectivity index (χ2n) is 9.31. The standard InChI is InChI=1S/C23H30BrN3O3/c1-13-3-4-20(19(24)5-13)30-12-22(29)27-26-14(2)6-21(28)25-23-17-8-15-7-16(10-17)11-18(23)9-15/h3-5,15-18,23H,6-12H2,1-2H3,(H,25,28)(H,27,29)/b26-14+. The van der Waals surface area contributed by atoms with Gasteiger partial charge in [0.15, 0.2) is 6.61 Å². The Morgan fingerprint density at radius 3 is 2.40 bits per heavy atom. The van der Waals surface area contributed by atoms with Gasteiger partial charge in [0.25, 0.3) is 5.91 Å². The zero-order valence-electron chi connectivity index (χ0n) is 17.6. The van der Waals surface area contributed by atoms with Crippen LogP contribution in [0, 0.1) is 30.6 Å². The third-order valence-corrected chi connectivity index (χ3v) is 7.41. The van der Waals surface area contributed by atoms with E-state index in [0.717, 1.165) is 21.9 Å². The van der Waals surface area contributed by atoms with E-state index in [2.05, 4.69) is 31.8 Å². The van der Waals surface area contributed by atoms with Gasteiger partial charge in [-0.15, -0.1) is 0 Å². The monoisotopic (exact) mass is 475 g/mol. The van der Waals surface area contributed by atoms with Crippen LogP contribution < -0.4 is 15.5 Å². The van der Waals surface area contributed by atoms with Gasteiger partial charge in [-0.3, -0.25) is 9.59 Å².